The van der Waals surface area contributed by atoms with Gasteiger partial charge in [-0.2, -0.15) is 0 Å². The average molecular weight is 409 g/mol. The average Bonchev–Trinajstić information content (AvgIpc) is 2.86. The summed E-state index contributed by atoms with van der Waals surface area (Å²) >= 11 is 0. The number of carboxylic acid groups (broad SMARTS) is 1. The van der Waals surface area contributed by atoms with Gasteiger partial charge >= 0.3 is 5.97 Å². The van der Waals surface area contributed by atoms with Gasteiger partial charge in [-0.3, -0.25) is 4.79 Å². The molecule has 0 unspecified atom stereocenters. The Balaban J connectivity index is 1.77. The Morgan fingerprint density at radius 2 is 1.70 bits per heavy atom. The van der Waals surface area contributed by atoms with E-state index >= 15 is 0 Å². The van der Waals surface area contributed by atoms with Crippen molar-refractivity contribution in [1.29, 1.82) is 0 Å². The largest absolute Gasteiger partial charge is 0.478 e. The molecule has 0 fully saturated rings. The quantitative estimate of drug-likeness (QED) is 0.694. The fraction of sp³-hybridized carbons (Fsp3) is 0.130. The first kappa shape index (κ1) is 19.7. The van der Waals surface area contributed by atoms with Crippen molar-refractivity contribution in [2.75, 3.05) is 11.5 Å². The van der Waals surface area contributed by atoms with Crippen LogP contribution in [0, 0.1) is 11.6 Å². The molecule has 1 aliphatic heterocycles. The van der Waals surface area contributed by atoms with E-state index in [4.69, 9.17) is 4.74 Å². The number of carboxylic acids is 1. The number of halogens is 2. The molecular formula is C23H17F2NO4. The Labute approximate surface area is 171 Å². The van der Waals surface area contributed by atoms with Gasteiger partial charge in [-0.25, -0.2) is 13.6 Å². The lowest BCUT2D eigenvalue weighted by Crippen LogP contribution is -2.32. The number of hydrogen-bond donors (Lipinski definition) is 1. The van der Waals surface area contributed by atoms with Gasteiger partial charge in [0.15, 0.2) is 0 Å². The molecule has 1 heterocycles. The molecule has 1 N–H and O–H groups in total. The summed E-state index contributed by atoms with van der Waals surface area (Å²) in [5, 5.41) is 9.24. The maximum atomic E-state index is 13.6. The predicted octanol–water partition coefficient (Wildman–Crippen LogP) is 4.39. The third kappa shape index (κ3) is 4.06. The second-order valence-corrected chi connectivity index (χ2v) is 6.98. The van der Waals surface area contributed by atoms with Crippen molar-refractivity contribution in [2.45, 2.75) is 13.2 Å². The SMILES string of the molecule is O=C(O)c1cccc(-c2ccc3c(c2)N(Cc2cc(F)cc(F)c2)C(=O)COC3)c1. The van der Waals surface area contributed by atoms with Gasteiger partial charge in [0.2, 0.25) is 0 Å². The van der Waals surface area contributed by atoms with Crippen molar-refractivity contribution in [3.05, 3.63) is 89.0 Å². The normalized spacial score (nSPS) is 13.7. The highest BCUT2D eigenvalue weighted by molar-refractivity contribution is 5.96. The van der Waals surface area contributed by atoms with Crippen LogP contribution < -0.4 is 4.90 Å². The van der Waals surface area contributed by atoms with E-state index in [0.29, 0.717) is 22.4 Å². The third-order valence-electron chi connectivity index (χ3n) is 4.87. The topological polar surface area (TPSA) is 66.8 Å². The van der Waals surface area contributed by atoms with Gasteiger partial charge in [0.25, 0.3) is 5.91 Å². The molecule has 152 valence electrons. The van der Waals surface area contributed by atoms with Gasteiger partial charge in [0.05, 0.1) is 24.4 Å². The van der Waals surface area contributed by atoms with Crippen LogP contribution in [0.25, 0.3) is 11.1 Å². The van der Waals surface area contributed by atoms with E-state index < -0.39 is 17.6 Å². The van der Waals surface area contributed by atoms with Crippen molar-refractivity contribution in [3.63, 3.8) is 0 Å². The first-order valence-electron chi connectivity index (χ1n) is 9.20. The number of amides is 1. The first-order chi connectivity index (χ1) is 14.4. The summed E-state index contributed by atoms with van der Waals surface area (Å²) in [6, 6.07) is 15.0. The molecule has 0 aromatic heterocycles. The number of benzene rings is 3. The summed E-state index contributed by atoms with van der Waals surface area (Å²) in [6.45, 7) is 0.0311. The molecule has 0 atom stereocenters. The molecule has 0 saturated heterocycles. The van der Waals surface area contributed by atoms with Gasteiger partial charge in [-0.1, -0.05) is 24.3 Å². The lowest BCUT2D eigenvalue weighted by molar-refractivity contribution is -0.123. The van der Waals surface area contributed by atoms with E-state index in [1.165, 1.54) is 23.1 Å². The second-order valence-electron chi connectivity index (χ2n) is 6.98. The van der Waals surface area contributed by atoms with Gasteiger partial charge in [0.1, 0.15) is 18.2 Å². The maximum Gasteiger partial charge on any atom is 0.335 e. The molecule has 0 spiro atoms. The lowest BCUT2D eigenvalue weighted by Gasteiger charge is -2.23. The zero-order valence-electron chi connectivity index (χ0n) is 15.8. The van der Waals surface area contributed by atoms with Crippen LogP contribution in [-0.4, -0.2) is 23.6 Å². The fourth-order valence-electron chi connectivity index (χ4n) is 3.47. The van der Waals surface area contributed by atoms with E-state index in [2.05, 4.69) is 0 Å². The van der Waals surface area contributed by atoms with Gasteiger partial charge in [-0.15, -0.1) is 0 Å². The molecule has 1 amide bonds. The highest BCUT2D eigenvalue weighted by Crippen LogP contribution is 2.32. The highest BCUT2D eigenvalue weighted by atomic mass is 19.1. The van der Waals surface area contributed by atoms with Crippen molar-refractivity contribution in [1.82, 2.24) is 0 Å². The van der Waals surface area contributed by atoms with Crippen LogP contribution in [0.2, 0.25) is 0 Å². The van der Waals surface area contributed by atoms with Gasteiger partial charge in [-0.05, 0) is 47.0 Å². The maximum absolute atomic E-state index is 13.6. The molecule has 5 nitrogen and oxygen atoms in total. The Bertz CT molecular complexity index is 1130. The minimum atomic E-state index is -1.04. The van der Waals surface area contributed by atoms with Crippen molar-refractivity contribution >= 4 is 17.6 Å². The third-order valence-corrected chi connectivity index (χ3v) is 4.87. The number of fused-ring (bicyclic) bond motifs is 1. The number of ether oxygens (including phenoxy) is 1. The van der Waals surface area contributed by atoms with E-state index in [1.54, 1.807) is 30.3 Å². The smallest absolute Gasteiger partial charge is 0.335 e. The summed E-state index contributed by atoms with van der Waals surface area (Å²) in [6.07, 6.45) is 0. The zero-order chi connectivity index (χ0) is 21.3. The molecule has 1 aliphatic rings. The summed E-state index contributed by atoms with van der Waals surface area (Å²) in [5.74, 6) is -2.81. The standard InChI is InChI=1S/C23H17F2NO4/c24-19-6-14(7-20(25)10-19)11-26-21-9-16(4-5-18(21)12-30-13-22(26)27)15-2-1-3-17(8-15)23(28)29/h1-10H,11-13H2,(H,28,29). The Hall–Kier alpha value is -3.58. The van der Waals surface area contributed by atoms with E-state index in [9.17, 15) is 23.5 Å². The summed E-state index contributed by atoms with van der Waals surface area (Å²) in [7, 11) is 0. The highest BCUT2D eigenvalue weighted by Gasteiger charge is 2.24. The van der Waals surface area contributed by atoms with Crippen LogP contribution in [0.3, 0.4) is 0 Å². The van der Waals surface area contributed by atoms with E-state index in [1.807, 2.05) is 6.07 Å². The zero-order valence-corrected chi connectivity index (χ0v) is 15.8. The number of carbonyl (C=O) groups excluding carboxylic acids is 1. The molecule has 4 rings (SSSR count). The number of aromatic carboxylic acids is 1. The summed E-state index contributed by atoms with van der Waals surface area (Å²) in [4.78, 5) is 25.4. The van der Waals surface area contributed by atoms with Crippen LogP contribution in [-0.2, 0) is 22.7 Å². The number of hydrogen-bond acceptors (Lipinski definition) is 3. The predicted molar refractivity (Wildman–Crippen MR) is 106 cm³/mol. The minimum Gasteiger partial charge on any atom is -0.478 e. The van der Waals surface area contributed by atoms with Crippen molar-refractivity contribution < 1.29 is 28.2 Å². The van der Waals surface area contributed by atoms with Crippen LogP contribution in [0.4, 0.5) is 14.5 Å². The number of anilines is 1. The monoisotopic (exact) mass is 409 g/mol. The van der Waals surface area contributed by atoms with Crippen molar-refractivity contribution in [3.8, 4) is 11.1 Å². The van der Waals surface area contributed by atoms with E-state index in [-0.39, 0.29) is 31.2 Å². The minimum absolute atomic E-state index is 0.0253. The molecule has 7 heteroatoms. The van der Waals surface area contributed by atoms with Crippen molar-refractivity contribution in [2.24, 2.45) is 0 Å². The van der Waals surface area contributed by atoms with Crippen LogP contribution in [0.15, 0.2) is 60.7 Å². The molecule has 0 radical (unpaired) electrons. The van der Waals surface area contributed by atoms with E-state index in [0.717, 1.165) is 11.6 Å². The molecule has 3 aromatic rings. The first-order valence-corrected chi connectivity index (χ1v) is 9.20. The van der Waals surface area contributed by atoms with Gasteiger partial charge in [0, 0.05) is 11.6 Å². The fourth-order valence-corrected chi connectivity index (χ4v) is 3.47. The lowest BCUT2D eigenvalue weighted by atomic mass is 10.00. The Morgan fingerprint density at radius 3 is 2.43 bits per heavy atom. The number of nitrogens with zero attached hydrogens (tertiary/aromatic N) is 1. The van der Waals surface area contributed by atoms with Crippen LogP contribution >= 0.6 is 0 Å². The molecule has 3 aromatic carbocycles. The number of carbonyl (C=O) groups is 2. The van der Waals surface area contributed by atoms with Crippen LogP contribution in [0.5, 0.6) is 0 Å². The molecular weight excluding hydrogens is 392 g/mol. The van der Waals surface area contributed by atoms with Crippen LogP contribution in [0.1, 0.15) is 21.5 Å². The Kier molecular flexibility index (Phi) is 5.29. The molecule has 30 heavy (non-hydrogen) atoms. The molecule has 0 bridgehead atoms. The second kappa shape index (κ2) is 8.04. The molecule has 0 aliphatic carbocycles. The Morgan fingerprint density at radius 1 is 0.967 bits per heavy atom. The summed E-state index contributed by atoms with van der Waals surface area (Å²) < 4.78 is 32.7. The summed E-state index contributed by atoms with van der Waals surface area (Å²) in [5.41, 5.74) is 3.14. The number of rotatable bonds is 4. The molecule has 0 saturated carbocycles. The van der Waals surface area contributed by atoms with Gasteiger partial charge < -0.3 is 14.7 Å².